The van der Waals surface area contributed by atoms with Gasteiger partial charge in [-0.25, -0.2) is 0 Å². The molecular weight excluding hydrogens is 364 g/mol. The van der Waals surface area contributed by atoms with Gasteiger partial charge in [-0.05, 0) is 37.7 Å². The molecule has 29 heavy (non-hydrogen) atoms. The van der Waals surface area contributed by atoms with Crippen LogP contribution in [0.3, 0.4) is 0 Å². The van der Waals surface area contributed by atoms with Crippen molar-refractivity contribution in [3.05, 3.63) is 35.9 Å². The van der Waals surface area contributed by atoms with Crippen LogP contribution >= 0.6 is 0 Å². The maximum Gasteiger partial charge on any atom is 0.303 e. The molecular formula is C25H42O4. The van der Waals surface area contributed by atoms with Crippen LogP contribution in [0, 0.1) is 0 Å². The van der Waals surface area contributed by atoms with Crippen molar-refractivity contribution in [2.45, 2.75) is 116 Å². The maximum absolute atomic E-state index is 10.4. The van der Waals surface area contributed by atoms with Crippen LogP contribution in [0.25, 0.3) is 0 Å². The Bertz CT molecular complexity index is 503. The smallest absolute Gasteiger partial charge is 0.303 e. The number of hydrogen-bond donors (Lipinski definition) is 2. The molecule has 4 nitrogen and oxygen atoms in total. The molecule has 1 aromatic carbocycles. The zero-order valence-corrected chi connectivity index (χ0v) is 18.4. The minimum absolute atomic E-state index is 0.170. The van der Waals surface area contributed by atoms with Crippen molar-refractivity contribution in [2.24, 2.45) is 0 Å². The third kappa shape index (κ3) is 15.2. The molecule has 0 aliphatic heterocycles. The van der Waals surface area contributed by atoms with E-state index in [-0.39, 0.29) is 6.10 Å². The highest BCUT2D eigenvalue weighted by atomic mass is 16.5. The van der Waals surface area contributed by atoms with Crippen molar-refractivity contribution < 1.29 is 19.7 Å². The summed E-state index contributed by atoms with van der Waals surface area (Å²) in [5.74, 6) is -0.691. The number of benzene rings is 1. The molecule has 0 fully saturated rings. The van der Waals surface area contributed by atoms with E-state index in [1.54, 1.807) is 0 Å². The van der Waals surface area contributed by atoms with Crippen LogP contribution in [0.5, 0.6) is 0 Å². The molecule has 1 rings (SSSR count). The Hall–Kier alpha value is -1.39. The van der Waals surface area contributed by atoms with E-state index in [0.717, 1.165) is 64.2 Å². The Morgan fingerprint density at radius 2 is 1.41 bits per heavy atom. The first-order chi connectivity index (χ1) is 14.1. The normalized spacial score (nSPS) is 13.3. The zero-order valence-electron chi connectivity index (χ0n) is 18.4. The molecule has 0 bridgehead atoms. The van der Waals surface area contributed by atoms with Crippen LogP contribution in [0.1, 0.15) is 102 Å². The molecule has 2 atom stereocenters. The average molecular weight is 407 g/mol. The lowest BCUT2D eigenvalue weighted by Crippen LogP contribution is -2.12. The minimum Gasteiger partial charge on any atom is -0.481 e. The van der Waals surface area contributed by atoms with Crippen molar-refractivity contribution in [1.82, 2.24) is 0 Å². The third-order valence-electron chi connectivity index (χ3n) is 5.53. The van der Waals surface area contributed by atoms with Gasteiger partial charge in [-0.1, -0.05) is 88.6 Å². The predicted molar refractivity (Wildman–Crippen MR) is 119 cm³/mol. The van der Waals surface area contributed by atoms with Gasteiger partial charge in [0.25, 0.3) is 0 Å². The summed E-state index contributed by atoms with van der Waals surface area (Å²) in [6.07, 6.45) is 14.1. The van der Waals surface area contributed by atoms with Gasteiger partial charge in [0.1, 0.15) is 0 Å². The maximum atomic E-state index is 10.4. The summed E-state index contributed by atoms with van der Waals surface area (Å²) < 4.78 is 6.03. The number of carboxylic acid groups (broad SMARTS) is 1. The lowest BCUT2D eigenvalue weighted by atomic mass is 10.0. The number of rotatable bonds is 19. The number of aliphatic hydroxyl groups excluding tert-OH is 1. The molecule has 2 N–H and O–H groups in total. The monoisotopic (exact) mass is 406 g/mol. The van der Waals surface area contributed by atoms with Gasteiger partial charge in [-0.2, -0.15) is 0 Å². The number of unbranched alkanes of at least 4 members (excludes halogenated alkanes) is 7. The van der Waals surface area contributed by atoms with Gasteiger partial charge in [0.2, 0.25) is 0 Å². The van der Waals surface area contributed by atoms with Gasteiger partial charge in [0, 0.05) is 6.42 Å². The van der Waals surface area contributed by atoms with E-state index in [1.807, 2.05) is 18.2 Å². The lowest BCUT2D eigenvalue weighted by Gasteiger charge is -2.17. The van der Waals surface area contributed by atoms with Crippen LogP contribution in [0.2, 0.25) is 0 Å². The number of carbonyl (C=O) groups is 1. The molecule has 0 aliphatic carbocycles. The Labute approximate surface area is 177 Å². The highest BCUT2D eigenvalue weighted by Gasteiger charge is 2.09. The van der Waals surface area contributed by atoms with Crippen molar-refractivity contribution in [2.75, 3.05) is 0 Å². The average Bonchev–Trinajstić information content (AvgIpc) is 2.72. The number of aliphatic carboxylic acids is 1. The summed E-state index contributed by atoms with van der Waals surface area (Å²) in [4.78, 5) is 10.4. The highest BCUT2D eigenvalue weighted by Crippen LogP contribution is 2.16. The second-order valence-corrected chi connectivity index (χ2v) is 8.17. The third-order valence-corrected chi connectivity index (χ3v) is 5.53. The Morgan fingerprint density at radius 3 is 2.03 bits per heavy atom. The van der Waals surface area contributed by atoms with Crippen LogP contribution in [0.15, 0.2) is 30.3 Å². The van der Waals surface area contributed by atoms with E-state index in [1.165, 1.54) is 24.8 Å². The summed E-state index contributed by atoms with van der Waals surface area (Å²) in [7, 11) is 0. The highest BCUT2D eigenvalue weighted by molar-refractivity contribution is 5.66. The summed E-state index contributed by atoms with van der Waals surface area (Å²) in [5.41, 5.74) is 1.22. The standard InChI is InChI=1S/C25H42O4/c1-2-24(29-21-22-15-9-8-10-16-22)19-14-13-18-23(26)17-11-6-4-3-5-7-12-20-25(27)28/h8-10,15-16,23-24,26H,2-7,11-14,17-21H2,1H3,(H,27,28). The van der Waals surface area contributed by atoms with Crippen molar-refractivity contribution in [3.8, 4) is 0 Å². The molecule has 0 heterocycles. The Morgan fingerprint density at radius 1 is 0.862 bits per heavy atom. The fourth-order valence-corrected chi connectivity index (χ4v) is 3.63. The first kappa shape index (κ1) is 25.6. The lowest BCUT2D eigenvalue weighted by molar-refractivity contribution is -0.137. The molecule has 0 radical (unpaired) electrons. The number of ether oxygens (including phenoxy) is 1. The second-order valence-electron chi connectivity index (χ2n) is 8.17. The second kappa shape index (κ2) is 17.5. The first-order valence-corrected chi connectivity index (χ1v) is 11.7. The first-order valence-electron chi connectivity index (χ1n) is 11.7. The van der Waals surface area contributed by atoms with Crippen molar-refractivity contribution >= 4 is 5.97 Å². The van der Waals surface area contributed by atoms with Crippen LogP contribution in [-0.2, 0) is 16.1 Å². The largest absolute Gasteiger partial charge is 0.481 e. The molecule has 0 spiro atoms. The molecule has 1 aromatic rings. The van der Waals surface area contributed by atoms with E-state index < -0.39 is 5.97 Å². The van der Waals surface area contributed by atoms with E-state index >= 15 is 0 Å². The molecule has 0 amide bonds. The van der Waals surface area contributed by atoms with E-state index in [0.29, 0.717) is 19.1 Å². The molecule has 4 heteroatoms. The molecule has 0 aliphatic rings. The number of aliphatic hydroxyl groups is 1. The summed E-state index contributed by atoms with van der Waals surface area (Å²) >= 11 is 0. The predicted octanol–water partition coefficient (Wildman–Crippen LogP) is 6.50. The molecule has 0 saturated carbocycles. The van der Waals surface area contributed by atoms with Crippen molar-refractivity contribution in [3.63, 3.8) is 0 Å². The Kier molecular flexibility index (Phi) is 15.4. The van der Waals surface area contributed by atoms with Gasteiger partial charge in [-0.3, -0.25) is 4.79 Å². The topological polar surface area (TPSA) is 66.8 Å². The number of carboxylic acids is 1. The van der Waals surface area contributed by atoms with E-state index in [9.17, 15) is 9.90 Å². The quantitative estimate of drug-likeness (QED) is 0.257. The van der Waals surface area contributed by atoms with E-state index in [4.69, 9.17) is 9.84 Å². The fourth-order valence-electron chi connectivity index (χ4n) is 3.63. The van der Waals surface area contributed by atoms with Gasteiger partial charge in [0.05, 0.1) is 18.8 Å². The van der Waals surface area contributed by atoms with Gasteiger partial charge in [-0.15, -0.1) is 0 Å². The SMILES string of the molecule is CCC(CCCCC(O)CCCCCCCCCC(=O)O)OCc1ccccc1. The van der Waals surface area contributed by atoms with Crippen molar-refractivity contribution in [1.29, 1.82) is 0 Å². The van der Waals surface area contributed by atoms with Crippen LogP contribution < -0.4 is 0 Å². The summed E-state index contributed by atoms with van der Waals surface area (Å²) in [6.45, 7) is 2.86. The van der Waals surface area contributed by atoms with Gasteiger partial charge < -0.3 is 14.9 Å². The van der Waals surface area contributed by atoms with Gasteiger partial charge in [0.15, 0.2) is 0 Å². The molecule has 2 unspecified atom stereocenters. The summed E-state index contributed by atoms with van der Waals surface area (Å²) in [6, 6.07) is 10.3. The van der Waals surface area contributed by atoms with Gasteiger partial charge >= 0.3 is 5.97 Å². The fraction of sp³-hybridized carbons (Fsp3) is 0.720. The Balaban J connectivity index is 1.93. The summed E-state index contributed by atoms with van der Waals surface area (Å²) in [5, 5.41) is 18.8. The molecule has 166 valence electrons. The molecule has 0 aromatic heterocycles. The minimum atomic E-state index is -0.691. The number of hydrogen-bond acceptors (Lipinski definition) is 3. The zero-order chi connectivity index (χ0) is 21.2. The van der Waals surface area contributed by atoms with Crippen LogP contribution in [-0.4, -0.2) is 28.4 Å². The van der Waals surface area contributed by atoms with Crippen LogP contribution in [0.4, 0.5) is 0 Å². The molecule has 0 saturated heterocycles. The van der Waals surface area contributed by atoms with E-state index in [2.05, 4.69) is 19.1 Å².